The van der Waals surface area contributed by atoms with Crippen molar-refractivity contribution in [3.63, 3.8) is 0 Å². The molecule has 0 saturated heterocycles. The van der Waals surface area contributed by atoms with Crippen molar-refractivity contribution in [1.82, 2.24) is 0 Å². The first-order chi connectivity index (χ1) is 7.74. The quantitative estimate of drug-likeness (QED) is 0.897. The van der Waals surface area contributed by atoms with Gasteiger partial charge in [-0.3, -0.25) is 4.72 Å². The maximum absolute atomic E-state index is 11.3. The molecule has 92 valence electrons. The molecule has 0 fully saturated rings. The molecule has 0 amide bonds. The molecule has 0 saturated carbocycles. The third-order valence-electron chi connectivity index (χ3n) is 2.28. The van der Waals surface area contributed by atoms with Gasteiger partial charge in [-0.15, -0.1) is 0 Å². The largest absolute Gasteiger partial charge is 0.283 e. The number of hydrogen-bond donors (Lipinski definition) is 1. The summed E-state index contributed by atoms with van der Waals surface area (Å²) in [6, 6.07) is 8.78. The molecule has 4 nitrogen and oxygen atoms in total. The Morgan fingerprint density at radius 3 is 2.18 bits per heavy atom. The lowest BCUT2D eigenvalue weighted by molar-refractivity contribution is 0.590. The Bertz CT molecular complexity index is 519. The minimum absolute atomic E-state index is 0.0318. The van der Waals surface area contributed by atoms with Crippen LogP contribution in [0.15, 0.2) is 24.3 Å². The molecule has 0 bridgehead atoms. The molecule has 5 heteroatoms. The number of nitrogens with zero attached hydrogens (tertiary/aromatic N) is 1. The van der Waals surface area contributed by atoms with Crippen molar-refractivity contribution in [3.05, 3.63) is 29.8 Å². The number of rotatable bonds is 3. The van der Waals surface area contributed by atoms with Crippen molar-refractivity contribution in [1.29, 1.82) is 5.26 Å². The first-order valence-corrected chi connectivity index (χ1v) is 6.88. The summed E-state index contributed by atoms with van der Waals surface area (Å²) in [7, 11) is -3.54. The summed E-state index contributed by atoms with van der Waals surface area (Å²) >= 11 is 0. The lowest BCUT2D eigenvalue weighted by Gasteiger charge is -2.19. The van der Waals surface area contributed by atoms with Crippen LogP contribution in [0.5, 0.6) is 0 Å². The van der Waals surface area contributed by atoms with E-state index in [-0.39, 0.29) is 5.41 Å². The lowest BCUT2D eigenvalue weighted by atomic mass is 9.87. The fourth-order valence-corrected chi connectivity index (χ4v) is 2.08. The summed E-state index contributed by atoms with van der Waals surface area (Å²) in [5.41, 5.74) is 1.64. The molecule has 0 aliphatic carbocycles. The normalized spacial score (nSPS) is 11.9. The van der Waals surface area contributed by atoms with E-state index in [4.69, 9.17) is 5.26 Å². The second kappa shape index (κ2) is 4.76. The van der Waals surface area contributed by atoms with E-state index >= 15 is 0 Å². The Hall–Kier alpha value is -1.54. The zero-order valence-electron chi connectivity index (χ0n) is 10.2. The van der Waals surface area contributed by atoms with Gasteiger partial charge < -0.3 is 0 Å². The summed E-state index contributed by atoms with van der Waals surface area (Å²) < 4.78 is 25.0. The van der Waals surface area contributed by atoms with E-state index in [0.717, 1.165) is 5.56 Å². The molecule has 17 heavy (non-hydrogen) atoms. The molecule has 0 radical (unpaired) electrons. The predicted molar refractivity (Wildman–Crippen MR) is 68.2 cm³/mol. The minimum atomic E-state index is -3.54. The van der Waals surface area contributed by atoms with Crippen molar-refractivity contribution >= 4 is 15.7 Å². The van der Waals surface area contributed by atoms with Crippen LogP contribution in [-0.2, 0) is 15.4 Å². The zero-order chi connectivity index (χ0) is 13.1. The highest BCUT2D eigenvalue weighted by atomic mass is 32.2. The van der Waals surface area contributed by atoms with E-state index in [1.54, 1.807) is 18.2 Å². The molecule has 0 aliphatic rings. The average Bonchev–Trinajstić information content (AvgIpc) is 2.16. The number of hydrogen-bond acceptors (Lipinski definition) is 3. The van der Waals surface area contributed by atoms with Crippen LogP contribution in [0, 0.1) is 11.3 Å². The van der Waals surface area contributed by atoms with Gasteiger partial charge in [0.15, 0.2) is 5.75 Å². The van der Waals surface area contributed by atoms with Crippen LogP contribution in [-0.4, -0.2) is 14.2 Å². The van der Waals surface area contributed by atoms with E-state index in [9.17, 15) is 8.42 Å². The highest BCUT2D eigenvalue weighted by Gasteiger charge is 2.14. The second-order valence-electron chi connectivity index (χ2n) is 4.85. The van der Waals surface area contributed by atoms with Gasteiger partial charge >= 0.3 is 0 Å². The van der Waals surface area contributed by atoms with Gasteiger partial charge in [0.25, 0.3) is 0 Å². The molecule has 0 heterocycles. The van der Waals surface area contributed by atoms with Crippen LogP contribution >= 0.6 is 0 Å². The molecule has 1 aromatic rings. The summed E-state index contributed by atoms with van der Waals surface area (Å²) in [4.78, 5) is 0. The molecule has 0 aromatic heterocycles. The maximum Gasteiger partial charge on any atom is 0.246 e. The number of sulfonamides is 1. The van der Waals surface area contributed by atoms with E-state index in [0.29, 0.717) is 5.69 Å². The summed E-state index contributed by atoms with van der Waals surface area (Å²) in [5, 5.41) is 8.36. The van der Waals surface area contributed by atoms with Crippen LogP contribution in [0.1, 0.15) is 26.3 Å². The number of nitrogens with one attached hydrogen (secondary N) is 1. The van der Waals surface area contributed by atoms with Crippen molar-refractivity contribution in [2.75, 3.05) is 10.5 Å². The number of anilines is 1. The van der Waals surface area contributed by atoms with Crippen LogP contribution in [0.25, 0.3) is 0 Å². The first kappa shape index (κ1) is 13.5. The van der Waals surface area contributed by atoms with Crippen molar-refractivity contribution in [3.8, 4) is 6.07 Å². The van der Waals surface area contributed by atoms with E-state index in [1.807, 2.05) is 12.1 Å². The number of benzene rings is 1. The molecular formula is C12H16N2O2S. The van der Waals surface area contributed by atoms with Gasteiger partial charge in [0.2, 0.25) is 10.0 Å². The predicted octanol–water partition coefficient (Wildman–Crippen LogP) is 2.25. The molecule has 1 N–H and O–H groups in total. The Labute approximate surface area is 102 Å². The maximum atomic E-state index is 11.3. The summed E-state index contributed by atoms with van der Waals surface area (Å²) in [6.07, 6.45) is 0. The summed E-state index contributed by atoms with van der Waals surface area (Å²) in [5.74, 6) is -0.534. The third-order valence-corrected chi connectivity index (χ3v) is 3.33. The van der Waals surface area contributed by atoms with Gasteiger partial charge in [0, 0.05) is 5.69 Å². The zero-order valence-corrected chi connectivity index (χ0v) is 11.0. The highest BCUT2D eigenvalue weighted by molar-refractivity contribution is 7.92. The van der Waals surface area contributed by atoms with Crippen molar-refractivity contribution in [2.45, 2.75) is 26.2 Å². The van der Waals surface area contributed by atoms with Gasteiger partial charge in [-0.05, 0) is 23.1 Å². The smallest absolute Gasteiger partial charge is 0.246 e. The Morgan fingerprint density at radius 2 is 1.76 bits per heavy atom. The average molecular weight is 252 g/mol. The monoisotopic (exact) mass is 252 g/mol. The Morgan fingerprint density at radius 1 is 1.24 bits per heavy atom. The first-order valence-electron chi connectivity index (χ1n) is 5.22. The molecule has 1 rings (SSSR count). The van der Waals surface area contributed by atoms with Crippen LogP contribution in [0.4, 0.5) is 5.69 Å². The molecular weight excluding hydrogens is 236 g/mol. The Balaban J connectivity index is 2.87. The topological polar surface area (TPSA) is 70.0 Å². The van der Waals surface area contributed by atoms with Crippen LogP contribution in [0.2, 0.25) is 0 Å². The minimum Gasteiger partial charge on any atom is -0.283 e. The SMILES string of the molecule is CC(C)(C)c1ccc(NS(=O)(=O)CC#N)cc1. The van der Waals surface area contributed by atoms with Crippen molar-refractivity contribution in [2.24, 2.45) is 0 Å². The Kier molecular flexibility index (Phi) is 3.79. The van der Waals surface area contributed by atoms with E-state index in [2.05, 4.69) is 25.5 Å². The van der Waals surface area contributed by atoms with Gasteiger partial charge in [0.05, 0.1) is 6.07 Å². The van der Waals surface area contributed by atoms with Gasteiger partial charge in [0.1, 0.15) is 0 Å². The van der Waals surface area contributed by atoms with Crippen LogP contribution in [0.3, 0.4) is 0 Å². The lowest BCUT2D eigenvalue weighted by Crippen LogP contribution is -2.16. The molecule has 0 aliphatic heterocycles. The van der Waals surface area contributed by atoms with Crippen LogP contribution < -0.4 is 4.72 Å². The van der Waals surface area contributed by atoms with Gasteiger partial charge in [-0.1, -0.05) is 32.9 Å². The van der Waals surface area contributed by atoms with Gasteiger partial charge in [-0.25, -0.2) is 8.42 Å². The summed E-state index contributed by atoms with van der Waals surface area (Å²) in [6.45, 7) is 6.26. The molecule has 0 spiro atoms. The third kappa shape index (κ3) is 4.08. The highest BCUT2D eigenvalue weighted by Crippen LogP contribution is 2.23. The van der Waals surface area contributed by atoms with Gasteiger partial charge in [-0.2, -0.15) is 5.26 Å². The van der Waals surface area contributed by atoms with Crippen molar-refractivity contribution < 1.29 is 8.42 Å². The molecule has 0 unspecified atom stereocenters. The number of nitriles is 1. The fourth-order valence-electron chi connectivity index (χ4n) is 1.34. The molecule has 0 atom stereocenters. The fraction of sp³-hybridized carbons (Fsp3) is 0.417. The van der Waals surface area contributed by atoms with E-state index in [1.165, 1.54) is 0 Å². The standard InChI is InChI=1S/C12H16N2O2S/c1-12(2,3)10-4-6-11(7-5-10)14-17(15,16)9-8-13/h4-7,14H,9H2,1-3H3. The second-order valence-corrected chi connectivity index (χ2v) is 6.57. The molecule has 1 aromatic carbocycles. The van der Waals surface area contributed by atoms with E-state index < -0.39 is 15.8 Å².